The smallest absolute Gasteiger partial charge is 0.225 e. The molecule has 0 bridgehead atoms. The van der Waals surface area contributed by atoms with E-state index in [0.29, 0.717) is 56.6 Å². The molecular formula is C28H28Cl2F2N6. The molecule has 4 aromatic rings. The van der Waals surface area contributed by atoms with Crippen LogP contribution in [0.2, 0.25) is 10.0 Å². The number of nitrogens with one attached hydrogen (secondary N) is 2. The molecule has 1 aliphatic heterocycles. The maximum Gasteiger partial charge on any atom is 0.225 e. The third-order valence-electron chi connectivity index (χ3n) is 7.31. The summed E-state index contributed by atoms with van der Waals surface area (Å²) in [5, 5.41) is 7.76. The average Bonchev–Trinajstić information content (AvgIpc) is 3.65. The number of benzene rings is 2. The third kappa shape index (κ3) is 5.48. The second kappa shape index (κ2) is 10.8. The standard InChI is InChI=1S/C28H28Cl2F2N6/c29-20-9-19(8-16-3-4-16)10-21(30)25(20)27-36-24-14-35-28(34-13-17-5-6-22(31)23(32)11-17)37-26(24)38(27)15-18-2-1-7-33-12-18/h5-6,9-11,14,16,18,33H,1-4,7-8,12-13,15H2,(H,34,35,37)/t18-/m1/s1. The molecule has 1 aliphatic carbocycles. The van der Waals surface area contributed by atoms with E-state index in [2.05, 4.69) is 20.2 Å². The van der Waals surface area contributed by atoms with Crippen molar-refractivity contribution in [1.29, 1.82) is 0 Å². The van der Waals surface area contributed by atoms with Gasteiger partial charge in [0.05, 0.1) is 21.8 Å². The van der Waals surface area contributed by atoms with Crippen LogP contribution in [-0.2, 0) is 19.5 Å². The lowest BCUT2D eigenvalue weighted by molar-refractivity contribution is 0.341. The van der Waals surface area contributed by atoms with Gasteiger partial charge in [-0.1, -0.05) is 29.3 Å². The second-order valence-corrected chi connectivity index (χ2v) is 11.2. The Morgan fingerprint density at radius 3 is 2.50 bits per heavy atom. The van der Waals surface area contributed by atoms with E-state index >= 15 is 0 Å². The van der Waals surface area contributed by atoms with Gasteiger partial charge in [0.2, 0.25) is 5.95 Å². The summed E-state index contributed by atoms with van der Waals surface area (Å²) >= 11 is 13.7. The van der Waals surface area contributed by atoms with E-state index in [1.807, 2.05) is 12.1 Å². The van der Waals surface area contributed by atoms with Crippen molar-refractivity contribution < 1.29 is 8.78 Å². The van der Waals surface area contributed by atoms with Gasteiger partial charge in [-0.15, -0.1) is 0 Å². The van der Waals surface area contributed by atoms with Gasteiger partial charge < -0.3 is 15.2 Å². The van der Waals surface area contributed by atoms with E-state index in [9.17, 15) is 8.78 Å². The quantitative estimate of drug-likeness (QED) is 0.254. The number of halogens is 4. The number of fused-ring (bicyclic) bond motifs is 1. The number of piperidine rings is 1. The van der Waals surface area contributed by atoms with Crippen LogP contribution < -0.4 is 10.6 Å². The van der Waals surface area contributed by atoms with Gasteiger partial charge in [-0.2, -0.15) is 4.98 Å². The first-order valence-corrected chi connectivity index (χ1v) is 13.8. The minimum Gasteiger partial charge on any atom is -0.350 e. The van der Waals surface area contributed by atoms with Crippen LogP contribution >= 0.6 is 23.2 Å². The van der Waals surface area contributed by atoms with Gasteiger partial charge in [0.1, 0.15) is 11.3 Å². The molecule has 2 aliphatic rings. The summed E-state index contributed by atoms with van der Waals surface area (Å²) in [5.41, 5.74) is 3.73. The normalized spacial score (nSPS) is 17.7. The number of hydrogen-bond donors (Lipinski definition) is 2. The topological polar surface area (TPSA) is 67.7 Å². The predicted molar refractivity (Wildman–Crippen MR) is 146 cm³/mol. The zero-order valence-corrected chi connectivity index (χ0v) is 22.3. The zero-order chi connectivity index (χ0) is 26.2. The second-order valence-electron chi connectivity index (χ2n) is 10.3. The summed E-state index contributed by atoms with van der Waals surface area (Å²) in [5.74, 6) is 0.405. The fourth-order valence-corrected chi connectivity index (χ4v) is 5.85. The Labute approximate surface area is 229 Å². The van der Waals surface area contributed by atoms with E-state index in [4.69, 9.17) is 33.2 Å². The van der Waals surface area contributed by atoms with Crippen molar-refractivity contribution in [3.8, 4) is 11.4 Å². The monoisotopic (exact) mass is 556 g/mol. The molecule has 198 valence electrons. The Hall–Kier alpha value is -2.81. The molecule has 0 spiro atoms. The van der Waals surface area contributed by atoms with Gasteiger partial charge >= 0.3 is 0 Å². The van der Waals surface area contributed by atoms with Crippen molar-refractivity contribution in [2.45, 2.75) is 45.2 Å². The maximum atomic E-state index is 13.6. The van der Waals surface area contributed by atoms with Crippen LogP contribution in [-0.4, -0.2) is 32.6 Å². The van der Waals surface area contributed by atoms with E-state index in [1.54, 1.807) is 6.20 Å². The minimum atomic E-state index is -0.888. The molecule has 3 heterocycles. The summed E-state index contributed by atoms with van der Waals surface area (Å²) in [6.45, 7) is 2.88. The van der Waals surface area contributed by atoms with E-state index < -0.39 is 11.6 Å². The first-order chi connectivity index (χ1) is 18.4. The van der Waals surface area contributed by atoms with Gasteiger partial charge in [0.15, 0.2) is 17.3 Å². The highest BCUT2D eigenvalue weighted by molar-refractivity contribution is 6.39. The molecule has 2 aromatic carbocycles. The predicted octanol–water partition coefficient (Wildman–Crippen LogP) is 6.64. The van der Waals surface area contributed by atoms with Crippen LogP contribution in [0.5, 0.6) is 0 Å². The SMILES string of the molecule is Fc1ccc(CNc2ncc3nc(-c4c(Cl)cc(CC5CC5)cc4Cl)n(C[C@@H]4CCCNC4)c3n2)cc1F. The average molecular weight is 557 g/mol. The van der Waals surface area contributed by atoms with Crippen molar-refractivity contribution in [1.82, 2.24) is 24.8 Å². The fraction of sp³-hybridized carbons (Fsp3) is 0.393. The highest BCUT2D eigenvalue weighted by Gasteiger charge is 2.25. The Balaban J connectivity index is 1.36. The maximum absolute atomic E-state index is 13.6. The zero-order valence-electron chi connectivity index (χ0n) is 20.8. The number of rotatable bonds is 8. The van der Waals surface area contributed by atoms with Crippen LogP contribution in [0.4, 0.5) is 14.7 Å². The van der Waals surface area contributed by atoms with Crippen LogP contribution in [0, 0.1) is 23.5 Å². The van der Waals surface area contributed by atoms with Crippen molar-refractivity contribution in [2.24, 2.45) is 11.8 Å². The lowest BCUT2D eigenvalue weighted by atomic mass is 9.99. The number of aromatic nitrogens is 4. The molecule has 38 heavy (non-hydrogen) atoms. The van der Waals surface area contributed by atoms with Gasteiger partial charge in [0, 0.05) is 13.1 Å². The van der Waals surface area contributed by atoms with E-state index in [1.165, 1.54) is 18.9 Å². The minimum absolute atomic E-state index is 0.246. The number of imidazole rings is 1. The van der Waals surface area contributed by atoms with Crippen molar-refractivity contribution >= 4 is 40.3 Å². The molecule has 1 saturated heterocycles. The molecule has 10 heteroatoms. The molecule has 6 rings (SSSR count). The number of anilines is 1. The summed E-state index contributed by atoms with van der Waals surface area (Å²) < 4.78 is 29.0. The Morgan fingerprint density at radius 2 is 1.79 bits per heavy atom. The van der Waals surface area contributed by atoms with Gasteiger partial charge in [-0.3, -0.25) is 0 Å². The summed E-state index contributed by atoms with van der Waals surface area (Å²) in [4.78, 5) is 14.1. The Kier molecular flexibility index (Phi) is 7.20. The van der Waals surface area contributed by atoms with Gasteiger partial charge in [-0.05, 0) is 92.4 Å². The largest absolute Gasteiger partial charge is 0.350 e. The molecule has 2 fully saturated rings. The fourth-order valence-electron chi connectivity index (χ4n) is 5.15. The molecule has 2 aromatic heterocycles. The Bertz CT molecular complexity index is 1460. The van der Waals surface area contributed by atoms with Gasteiger partial charge in [0.25, 0.3) is 0 Å². The number of nitrogens with zero attached hydrogens (tertiary/aromatic N) is 4. The van der Waals surface area contributed by atoms with E-state index in [0.717, 1.165) is 56.0 Å². The molecule has 0 unspecified atom stereocenters. The Morgan fingerprint density at radius 1 is 0.974 bits per heavy atom. The molecule has 2 N–H and O–H groups in total. The number of hydrogen-bond acceptors (Lipinski definition) is 5. The van der Waals surface area contributed by atoms with E-state index in [-0.39, 0.29) is 6.54 Å². The van der Waals surface area contributed by atoms with Crippen molar-refractivity contribution in [3.05, 3.63) is 69.3 Å². The molecule has 1 saturated carbocycles. The molecule has 6 nitrogen and oxygen atoms in total. The van der Waals surface area contributed by atoms with Crippen LogP contribution in [0.1, 0.15) is 36.8 Å². The van der Waals surface area contributed by atoms with Crippen molar-refractivity contribution in [3.63, 3.8) is 0 Å². The van der Waals surface area contributed by atoms with Crippen LogP contribution in [0.15, 0.2) is 36.5 Å². The highest BCUT2D eigenvalue weighted by atomic mass is 35.5. The first-order valence-electron chi connectivity index (χ1n) is 13.0. The van der Waals surface area contributed by atoms with Crippen LogP contribution in [0.3, 0.4) is 0 Å². The van der Waals surface area contributed by atoms with Crippen molar-refractivity contribution in [2.75, 3.05) is 18.4 Å². The summed E-state index contributed by atoms with van der Waals surface area (Å²) in [6.07, 6.45) is 7.38. The third-order valence-corrected chi connectivity index (χ3v) is 7.91. The lowest BCUT2D eigenvalue weighted by Gasteiger charge is -2.24. The molecule has 0 amide bonds. The van der Waals surface area contributed by atoms with Crippen LogP contribution in [0.25, 0.3) is 22.6 Å². The summed E-state index contributed by atoms with van der Waals surface area (Å²) in [6, 6.07) is 7.82. The lowest BCUT2D eigenvalue weighted by Crippen LogP contribution is -2.32. The first kappa shape index (κ1) is 25.5. The molecule has 1 atom stereocenters. The van der Waals surface area contributed by atoms with Gasteiger partial charge in [-0.25, -0.2) is 18.7 Å². The molecule has 0 radical (unpaired) electrons. The highest BCUT2D eigenvalue weighted by Crippen LogP contribution is 2.40. The molecular weight excluding hydrogens is 529 g/mol. The summed E-state index contributed by atoms with van der Waals surface area (Å²) in [7, 11) is 0.